The molecule has 0 radical (unpaired) electrons. The number of likely N-dealkylation sites (tertiary alicyclic amines) is 1. The van der Waals surface area contributed by atoms with Crippen LogP contribution in [0.25, 0.3) is 11.2 Å². The van der Waals surface area contributed by atoms with E-state index in [1.807, 2.05) is 28.8 Å². The molecular weight excluding hydrogens is 398 g/mol. The maximum atomic E-state index is 11.9. The summed E-state index contributed by atoms with van der Waals surface area (Å²) >= 11 is 0. The van der Waals surface area contributed by atoms with Gasteiger partial charge in [0.05, 0.1) is 19.0 Å². The Morgan fingerprint density at radius 3 is 2.87 bits per heavy atom. The Bertz CT molecular complexity index is 1080. The number of carbonyl (C=O) groups excluding carboxylic acids is 1. The number of hydrogen-bond acceptors (Lipinski definition) is 8. The number of aromatic nitrogens is 4. The predicted molar refractivity (Wildman–Crippen MR) is 117 cm³/mol. The molecule has 1 amide bonds. The zero-order valence-electron chi connectivity index (χ0n) is 17.3. The van der Waals surface area contributed by atoms with E-state index in [0.29, 0.717) is 49.2 Å². The molecule has 0 bridgehead atoms. The van der Waals surface area contributed by atoms with Gasteiger partial charge in [-0.2, -0.15) is 9.97 Å². The molecule has 0 spiro atoms. The molecule has 1 aliphatic heterocycles. The Balaban J connectivity index is 1.53. The number of nitrogens with two attached hydrogens (primary N) is 1. The molecule has 0 unspecified atom stereocenters. The van der Waals surface area contributed by atoms with Crippen molar-refractivity contribution in [2.45, 2.75) is 12.5 Å². The monoisotopic (exact) mass is 423 g/mol. The fourth-order valence-corrected chi connectivity index (χ4v) is 3.57. The van der Waals surface area contributed by atoms with Crippen LogP contribution in [0.15, 0.2) is 43.2 Å². The van der Waals surface area contributed by atoms with E-state index in [-0.39, 0.29) is 11.9 Å². The zero-order valence-corrected chi connectivity index (χ0v) is 17.3. The molecular formula is C21H25N7O3. The third kappa shape index (κ3) is 4.43. The van der Waals surface area contributed by atoms with Gasteiger partial charge in [-0.05, 0) is 36.8 Å². The third-order valence-corrected chi connectivity index (χ3v) is 5.16. The fourth-order valence-electron chi connectivity index (χ4n) is 3.57. The lowest BCUT2D eigenvalue weighted by molar-refractivity contribution is -0.125. The highest BCUT2D eigenvalue weighted by molar-refractivity contribution is 5.87. The summed E-state index contributed by atoms with van der Waals surface area (Å²) in [6.07, 6.45) is 3.85. The Kier molecular flexibility index (Phi) is 5.99. The Morgan fingerprint density at radius 2 is 2.13 bits per heavy atom. The molecule has 162 valence electrons. The summed E-state index contributed by atoms with van der Waals surface area (Å²) in [5.41, 5.74) is 8.11. The van der Waals surface area contributed by atoms with Crippen molar-refractivity contribution < 1.29 is 14.3 Å². The molecule has 31 heavy (non-hydrogen) atoms. The molecule has 3 aromatic rings. The summed E-state index contributed by atoms with van der Waals surface area (Å²) in [6.45, 7) is 5.82. The Hall–Kier alpha value is -3.66. The summed E-state index contributed by atoms with van der Waals surface area (Å²) < 4.78 is 12.5. The molecule has 3 heterocycles. The van der Waals surface area contributed by atoms with Gasteiger partial charge in [-0.15, -0.1) is 0 Å². The predicted octanol–water partition coefficient (Wildman–Crippen LogP) is 2.14. The number of nitrogens with one attached hydrogen (secondary N) is 1. The minimum absolute atomic E-state index is 0.0691. The molecule has 0 aliphatic carbocycles. The smallest absolute Gasteiger partial charge is 0.246 e. The minimum atomic E-state index is -0.0712. The Labute approximate surface area is 179 Å². The van der Waals surface area contributed by atoms with Crippen LogP contribution in [0.2, 0.25) is 0 Å². The van der Waals surface area contributed by atoms with Gasteiger partial charge in [0.1, 0.15) is 17.9 Å². The third-order valence-electron chi connectivity index (χ3n) is 5.16. The van der Waals surface area contributed by atoms with Gasteiger partial charge < -0.3 is 30.0 Å². The van der Waals surface area contributed by atoms with E-state index in [0.717, 1.165) is 17.9 Å². The molecule has 0 saturated carbocycles. The number of amides is 1. The van der Waals surface area contributed by atoms with Crippen LogP contribution in [0.1, 0.15) is 12.5 Å². The topological polar surface area (TPSA) is 120 Å². The van der Waals surface area contributed by atoms with E-state index in [2.05, 4.69) is 26.8 Å². The molecule has 10 nitrogen and oxygen atoms in total. The van der Waals surface area contributed by atoms with Crippen LogP contribution in [-0.4, -0.2) is 63.7 Å². The van der Waals surface area contributed by atoms with Crippen LogP contribution in [0.5, 0.6) is 5.75 Å². The van der Waals surface area contributed by atoms with Gasteiger partial charge in [0.25, 0.3) is 0 Å². The largest absolute Gasteiger partial charge is 0.491 e. The standard InChI is InChI=1S/C21H25N7O3/c1-3-17(29)27-9-8-15(12-27)28-13-23-18-19(22)25-21(26-20(18)28)24-14-4-6-16(7-5-14)31-11-10-30-2/h3-7,13,15H,1,8-12H2,2H3,(H3,22,24,25,26)/t15-/m0/s1. The van der Waals surface area contributed by atoms with Crippen LogP contribution >= 0.6 is 0 Å². The first-order chi connectivity index (χ1) is 15.1. The quantitative estimate of drug-likeness (QED) is 0.418. The van der Waals surface area contributed by atoms with Gasteiger partial charge in [-0.3, -0.25) is 4.79 Å². The average molecular weight is 423 g/mol. The molecule has 4 rings (SSSR count). The maximum absolute atomic E-state index is 11.9. The molecule has 3 N–H and O–H groups in total. The molecule has 2 aromatic heterocycles. The molecule has 1 atom stereocenters. The second-order valence-electron chi connectivity index (χ2n) is 7.18. The Morgan fingerprint density at radius 1 is 1.32 bits per heavy atom. The lowest BCUT2D eigenvalue weighted by atomic mass is 10.2. The first kappa shape index (κ1) is 20.6. The van der Waals surface area contributed by atoms with Crippen LogP contribution in [0.4, 0.5) is 17.5 Å². The van der Waals surface area contributed by atoms with Gasteiger partial charge in [0.2, 0.25) is 11.9 Å². The van der Waals surface area contributed by atoms with Crippen molar-refractivity contribution in [3.8, 4) is 5.75 Å². The molecule has 1 fully saturated rings. The van der Waals surface area contributed by atoms with E-state index < -0.39 is 0 Å². The van der Waals surface area contributed by atoms with Gasteiger partial charge in [0, 0.05) is 25.9 Å². The van der Waals surface area contributed by atoms with Gasteiger partial charge in [-0.1, -0.05) is 6.58 Å². The first-order valence-corrected chi connectivity index (χ1v) is 9.99. The first-order valence-electron chi connectivity index (χ1n) is 9.99. The summed E-state index contributed by atoms with van der Waals surface area (Å²) in [6, 6.07) is 7.53. The van der Waals surface area contributed by atoms with Gasteiger partial charge in [-0.25, -0.2) is 4.98 Å². The lowest BCUT2D eigenvalue weighted by Crippen LogP contribution is -2.27. The molecule has 10 heteroatoms. The number of nitrogens with zero attached hydrogens (tertiary/aromatic N) is 5. The summed E-state index contributed by atoms with van der Waals surface area (Å²) in [7, 11) is 1.63. The van der Waals surface area contributed by atoms with Crippen molar-refractivity contribution in [3.05, 3.63) is 43.2 Å². The summed E-state index contributed by atoms with van der Waals surface area (Å²) in [4.78, 5) is 27.0. The summed E-state index contributed by atoms with van der Waals surface area (Å²) in [5.74, 6) is 1.34. The zero-order chi connectivity index (χ0) is 21.8. The van der Waals surface area contributed by atoms with Crippen molar-refractivity contribution in [2.24, 2.45) is 0 Å². The highest BCUT2D eigenvalue weighted by Gasteiger charge is 2.28. The van der Waals surface area contributed by atoms with E-state index in [9.17, 15) is 4.79 Å². The van der Waals surface area contributed by atoms with E-state index >= 15 is 0 Å². The van der Waals surface area contributed by atoms with Crippen molar-refractivity contribution in [3.63, 3.8) is 0 Å². The highest BCUT2D eigenvalue weighted by atomic mass is 16.5. The highest BCUT2D eigenvalue weighted by Crippen LogP contribution is 2.28. The molecule has 1 saturated heterocycles. The van der Waals surface area contributed by atoms with Crippen LogP contribution < -0.4 is 15.8 Å². The second kappa shape index (κ2) is 9.00. The van der Waals surface area contributed by atoms with E-state index in [4.69, 9.17) is 15.2 Å². The number of rotatable bonds is 8. The van der Waals surface area contributed by atoms with Crippen LogP contribution in [0.3, 0.4) is 0 Å². The molecule has 1 aliphatic rings. The average Bonchev–Trinajstić information content (AvgIpc) is 3.42. The van der Waals surface area contributed by atoms with Gasteiger partial charge >= 0.3 is 0 Å². The number of ether oxygens (including phenoxy) is 2. The van der Waals surface area contributed by atoms with Gasteiger partial charge in [0.15, 0.2) is 11.5 Å². The second-order valence-corrected chi connectivity index (χ2v) is 7.18. The minimum Gasteiger partial charge on any atom is -0.491 e. The number of nitrogen functional groups attached to an aromatic ring is 1. The van der Waals surface area contributed by atoms with Crippen molar-refractivity contribution in [1.29, 1.82) is 0 Å². The van der Waals surface area contributed by atoms with Crippen LogP contribution in [0, 0.1) is 0 Å². The lowest BCUT2D eigenvalue weighted by Gasteiger charge is -2.15. The normalized spacial score (nSPS) is 15.9. The molecule has 1 aromatic carbocycles. The number of anilines is 3. The fraction of sp³-hybridized carbons (Fsp3) is 0.333. The van der Waals surface area contributed by atoms with Crippen molar-refractivity contribution >= 4 is 34.5 Å². The maximum Gasteiger partial charge on any atom is 0.246 e. The SMILES string of the molecule is C=CC(=O)N1CC[C@H](n2cnc3c(N)nc(Nc4ccc(OCCOC)cc4)nc32)C1. The summed E-state index contributed by atoms with van der Waals surface area (Å²) in [5, 5.41) is 3.17. The number of fused-ring (bicyclic) bond motifs is 1. The number of hydrogen-bond donors (Lipinski definition) is 2. The number of carbonyl (C=O) groups is 1. The van der Waals surface area contributed by atoms with Crippen molar-refractivity contribution in [1.82, 2.24) is 24.4 Å². The van der Waals surface area contributed by atoms with E-state index in [1.54, 1.807) is 18.3 Å². The van der Waals surface area contributed by atoms with Crippen LogP contribution in [-0.2, 0) is 9.53 Å². The van der Waals surface area contributed by atoms with E-state index in [1.165, 1.54) is 6.08 Å². The van der Waals surface area contributed by atoms with Crippen molar-refractivity contribution in [2.75, 3.05) is 44.5 Å². The number of benzene rings is 1. The number of methoxy groups -OCH3 is 1. The number of imidazole rings is 1.